The minimum absolute atomic E-state index is 0.0867. The monoisotopic (exact) mass is 497 g/mol. The van der Waals surface area contributed by atoms with E-state index < -0.39 is 0 Å². The molecule has 1 aromatic heterocycles. The van der Waals surface area contributed by atoms with Crippen molar-refractivity contribution >= 4 is 23.4 Å². The first-order valence-electron chi connectivity index (χ1n) is 11.7. The molecule has 0 bridgehead atoms. The van der Waals surface area contributed by atoms with Crippen LogP contribution in [0.3, 0.4) is 0 Å². The fraction of sp³-hybridized carbons (Fsp3) is 0.207. The van der Waals surface area contributed by atoms with Gasteiger partial charge >= 0.3 is 0 Å². The number of thioether (sulfide) groups is 1. The van der Waals surface area contributed by atoms with Crippen molar-refractivity contribution in [3.63, 3.8) is 0 Å². The van der Waals surface area contributed by atoms with E-state index in [-0.39, 0.29) is 11.7 Å². The zero-order chi connectivity index (χ0) is 25.2. The van der Waals surface area contributed by atoms with E-state index in [9.17, 15) is 4.79 Å². The molecule has 0 unspecified atom stereocenters. The molecular weight excluding hydrogens is 470 g/mol. The van der Waals surface area contributed by atoms with Crippen LogP contribution in [-0.4, -0.2) is 28.7 Å². The van der Waals surface area contributed by atoms with Crippen LogP contribution in [0.2, 0.25) is 0 Å². The van der Waals surface area contributed by atoms with Gasteiger partial charge < -0.3 is 14.8 Å². The Bertz CT molecular complexity index is 1430. The minimum atomic E-state index is -0.0867. The van der Waals surface area contributed by atoms with Crippen molar-refractivity contribution < 1.29 is 14.3 Å². The van der Waals surface area contributed by atoms with Gasteiger partial charge in [-0.05, 0) is 79.9 Å². The summed E-state index contributed by atoms with van der Waals surface area (Å²) in [5.74, 6) is 2.77. The third-order valence-corrected chi connectivity index (χ3v) is 6.93. The number of fused-ring (bicyclic) bond motifs is 2. The third-order valence-electron chi connectivity index (χ3n) is 5.91. The molecule has 2 heterocycles. The number of aromatic nitrogens is 2. The molecule has 1 aliphatic rings. The van der Waals surface area contributed by atoms with E-state index in [2.05, 4.69) is 24.4 Å². The Morgan fingerprint density at radius 2 is 1.72 bits per heavy atom. The molecule has 0 saturated carbocycles. The van der Waals surface area contributed by atoms with Crippen LogP contribution in [0, 0.1) is 20.8 Å². The Morgan fingerprint density at radius 1 is 0.972 bits per heavy atom. The maximum absolute atomic E-state index is 12.8. The molecule has 5 rings (SSSR count). The van der Waals surface area contributed by atoms with Crippen LogP contribution in [-0.2, 0) is 11.2 Å². The molecule has 4 aromatic rings. The first kappa shape index (κ1) is 23.9. The van der Waals surface area contributed by atoms with Gasteiger partial charge in [-0.15, -0.1) is 0 Å². The lowest BCUT2D eigenvalue weighted by atomic mass is 10.0. The molecule has 0 fully saturated rings. The van der Waals surface area contributed by atoms with E-state index in [1.807, 2.05) is 62.4 Å². The maximum atomic E-state index is 12.8. The van der Waals surface area contributed by atoms with Gasteiger partial charge in [0.25, 0.3) is 0 Å². The topological polar surface area (TPSA) is 73.3 Å². The van der Waals surface area contributed by atoms with Gasteiger partial charge in [0.2, 0.25) is 11.8 Å². The average molecular weight is 498 g/mol. The molecule has 3 aromatic carbocycles. The number of aryl methyl sites for hydroxylation is 3. The fourth-order valence-corrected chi connectivity index (χ4v) is 5.11. The second-order valence-corrected chi connectivity index (χ2v) is 9.93. The number of nitrogens with one attached hydrogen (secondary N) is 1. The number of carbonyl (C=O) groups excluding carboxylic acids is 1. The van der Waals surface area contributed by atoms with E-state index in [4.69, 9.17) is 19.4 Å². The van der Waals surface area contributed by atoms with Crippen molar-refractivity contribution in [2.45, 2.75) is 32.2 Å². The largest absolute Gasteiger partial charge is 0.497 e. The number of nitrogens with zero attached hydrogens (tertiary/aromatic N) is 2. The molecule has 1 N–H and O–H groups in total. The average Bonchev–Trinajstić information content (AvgIpc) is 2.85. The van der Waals surface area contributed by atoms with Gasteiger partial charge in [-0.25, -0.2) is 4.98 Å². The number of benzene rings is 3. The number of hydrogen-bond acceptors (Lipinski definition) is 6. The van der Waals surface area contributed by atoms with Gasteiger partial charge in [0.1, 0.15) is 16.5 Å². The number of ether oxygens (including phenoxy) is 2. The molecule has 182 valence electrons. The van der Waals surface area contributed by atoms with E-state index in [0.29, 0.717) is 18.1 Å². The van der Waals surface area contributed by atoms with E-state index in [1.165, 1.54) is 17.3 Å². The highest BCUT2D eigenvalue weighted by molar-refractivity contribution is 8.00. The van der Waals surface area contributed by atoms with Crippen molar-refractivity contribution in [1.29, 1.82) is 0 Å². The zero-order valence-electron chi connectivity index (χ0n) is 20.7. The molecule has 0 spiro atoms. The Kier molecular flexibility index (Phi) is 6.65. The smallest absolute Gasteiger partial charge is 0.234 e. The lowest BCUT2D eigenvalue weighted by Gasteiger charge is -2.22. The summed E-state index contributed by atoms with van der Waals surface area (Å²) in [7, 11) is 1.63. The Balaban J connectivity index is 1.44. The first-order valence-corrected chi connectivity index (χ1v) is 12.7. The SMILES string of the molecule is COc1ccc(-c2nc3c(c(SCC(=O)Nc4cc(C)cc(C)c4)n2)Cc2cc(C)ccc2O3)cc1. The van der Waals surface area contributed by atoms with Gasteiger partial charge in [-0.3, -0.25) is 4.79 Å². The molecule has 0 atom stereocenters. The quantitative estimate of drug-likeness (QED) is 0.213. The highest BCUT2D eigenvalue weighted by atomic mass is 32.2. The van der Waals surface area contributed by atoms with E-state index >= 15 is 0 Å². The van der Waals surface area contributed by atoms with Crippen molar-refractivity contribution in [1.82, 2.24) is 9.97 Å². The fourth-order valence-electron chi connectivity index (χ4n) is 4.29. The summed E-state index contributed by atoms with van der Waals surface area (Å²) in [6.07, 6.45) is 0.649. The second-order valence-electron chi connectivity index (χ2n) is 8.97. The second kappa shape index (κ2) is 10.0. The van der Waals surface area contributed by atoms with Gasteiger partial charge in [0.05, 0.1) is 18.4 Å². The van der Waals surface area contributed by atoms with Crippen LogP contribution in [0.25, 0.3) is 11.4 Å². The Hall–Kier alpha value is -3.84. The van der Waals surface area contributed by atoms with Gasteiger partial charge in [0, 0.05) is 17.7 Å². The highest BCUT2D eigenvalue weighted by Gasteiger charge is 2.25. The summed E-state index contributed by atoms with van der Waals surface area (Å²) in [4.78, 5) is 22.4. The van der Waals surface area contributed by atoms with E-state index in [1.54, 1.807) is 7.11 Å². The van der Waals surface area contributed by atoms with Crippen molar-refractivity contribution in [3.8, 4) is 28.8 Å². The molecule has 6 nitrogen and oxygen atoms in total. The van der Waals surface area contributed by atoms with Crippen LogP contribution in [0.1, 0.15) is 27.8 Å². The van der Waals surface area contributed by atoms with Gasteiger partial charge in [0.15, 0.2) is 5.82 Å². The summed E-state index contributed by atoms with van der Waals surface area (Å²) < 4.78 is 11.5. The highest BCUT2D eigenvalue weighted by Crippen LogP contribution is 2.40. The lowest BCUT2D eigenvalue weighted by Crippen LogP contribution is -2.15. The lowest BCUT2D eigenvalue weighted by molar-refractivity contribution is -0.113. The zero-order valence-corrected chi connectivity index (χ0v) is 21.5. The number of amides is 1. The van der Waals surface area contributed by atoms with Gasteiger partial charge in [-0.1, -0.05) is 35.5 Å². The summed E-state index contributed by atoms with van der Waals surface area (Å²) in [5, 5.41) is 3.75. The van der Waals surface area contributed by atoms with Crippen LogP contribution in [0.5, 0.6) is 17.4 Å². The Labute approximate surface area is 215 Å². The van der Waals surface area contributed by atoms with Crippen LogP contribution in [0.15, 0.2) is 65.7 Å². The summed E-state index contributed by atoms with van der Waals surface area (Å²) in [6, 6.07) is 19.7. The number of rotatable bonds is 6. The van der Waals surface area contributed by atoms with Crippen LogP contribution in [0.4, 0.5) is 5.69 Å². The predicted octanol–water partition coefficient (Wildman–Crippen LogP) is 6.50. The molecular formula is C29H27N3O3S. The Morgan fingerprint density at radius 3 is 2.44 bits per heavy atom. The summed E-state index contributed by atoms with van der Waals surface area (Å²) in [6.45, 7) is 6.10. The van der Waals surface area contributed by atoms with Crippen LogP contribution < -0.4 is 14.8 Å². The third kappa shape index (κ3) is 5.21. The van der Waals surface area contributed by atoms with Crippen molar-refractivity contribution in [2.75, 3.05) is 18.2 Å². The summed E-state index contributed by atoms with van der Waals surface area (Å²) >= 11 is 1.40. The first-order chi connectivity index (χ1) is 17.4. The minimum Gasteiger partial charge on any atom is -0.497 e. The molecule has 7 heteroatoms. The summed E-state index contributed by atoms with van der Waals surface area (Å²) in [5.41, 5.74) is 7.02. The van der Waals surface area contributed by atoms with Gasteiger partial charge in [-0.2, -0.15) is 4.98 Å². The molecule has 0 aliphatic carbocycles. The number of carbonyl (C=O) groups is 1. The number of anilines is 1. The van der Waals surface area contributed by atoms with Crippen molar-refractivity contribution in [2.24, 2.45) is 0 Å². The standard InChI is InChI=1S/C29H27N3O3S/c1-17-5-10-25-21(12-17)15-24-28(35-25)31-27(20-6-8-23(34-4)9-7-20)32-29(24)36-16-26(33)30-22-13-18(2)11-19(3)14-22/h5-14H,15-16H2,1-4H3,(H,30,33). The molecule has 0 radical (unpaired) electrons. The number of hydrogen-bond donors (Lipinski definition) is 1. The van der Waals surface area contributed by atoms with Crippen molar-refractivity contribution in [3.05, 3.63) is 88.5 Å². The molecule has 36 heavy (non-hydrogen) atoms. The normalized spacial score (nSPS) is 11.8. The number of methoxy groups -OCH3 is 1. The van der Waals surface area contributed by atoms with Crippen LogP contribution >= 0.6 is 11.8 Å². The maximum Gasteiger partial charge on any atom is 0.234 e. The molecule has 1 amide bonds. The molecule has 1 aliphatic heterocycles. The predicted molar refractivity (Wildman–Crippen MR) is 143 cm³/mol. The van der Waals surface area contributed by atoms with E-state index in [0.717, 1.165) is 50.0 Å². The molecule has 0 saturated heterocycles.